The predicted molar refractivity (Wildman–Crippen MR) is 103 cm³/mol. The fourth-order valence-corrected chi connectivity index (χ4v) is 2.99. The molecule has 132 valence electrons. The summed E-state index contributed by atoms with van der Waals surface area (Å²) >= 11 is 0. The molecule has 0 saturated carbocycles. The number of carbonyl (C=O) groups excluding carboxylic acids is 1. The Hall–Kier alpha value is -3.27. The van der Waals surface area contributed by atoms with Crippen molar-refractivity contribution in [2.24, 2.45) is 5.73 Å². The molecule has 0 aliphatic carbocycles. The van der Waals surface area contributed by atoms with Crippen LogP contribution in [0.4, 0.5) is 0 Å². The number of hydrogen-bond donors (Lipinski definition) is 3. The van der Waals surface area contributed by atoms with Gasteiger partial charge in [-0.05, 0) is 53.3 Å². The number of nitrogens with two attached hydrogens (primary N) is 1. The second kappa shape index (κ2) is 7.31. The van der Waals surface area contributed by atoms with Gasteiger partial charge in [-0.15, -0.1) is 0 Å². The molecule has 0 spiro atoms. The van der Waals surface area contributed by atoms with Gasteiger partial charge in [0.15, 0.2) is 0 Å². The zero-order chi connectivity index (χ0) is 18.7. The number of aromatic hydroxyl groups is 2. The minimum absolute atomic E-state index is 0.0352. The smallest absolute Gasteiger partial charge is 0.217 e. The molecule has 0 aliphatic heterocycles. The fourth-order valence-electron chi connectivity index (χ4n) is 2.99. The zero-order valence-corrected chi connectivity index (χ0v) is 14.6. The molecular weight excluding hydrogens is 326 g/mol. The minimum atomic E-state index is -0.365. The molecule has 3 aromatic rings. The Labute approximate surface area is 152 Å². The van der Waals surface area contributed by atoms with Crippen LogP contribution in [0.15, 0.2) is 60.7 Å². The van der Waals surface area contributed by atoms with Gasteiger partial charge in [-0.1, -0.05) is 48.5 Å². The van der Waals surface area contributed by atoms with E-state index in [4.69, 9.17) is 5.73 Å². The first-order valence-corrected chi connectivity index (χ1v) is 8.45. The Kier molecular flexibility index (Phi) is 4.94. The summed E-state index contributed by atoms with van der Waals surface area (Å²) in [5.74, 6) is -0.295. The lowest BCUT2D eigenvalue weighted by Crippen LogP contribution is -2.11. The highest BCUT2D eigenvalue weighted by Crippen LogP contribution is 2.36. The van der Waals surface area contributed by atoms with Crippen LogP contribution >= 0.6 is 0 Å². The summed E-state index contributed by atoms with van der Waals surface area (Å²) < 4.78 is 0. The van der Waals surface area contributed by atoms with Gasteiger partial charge in [0.2, 0.25) is 5.91 Å². The third-order valence-electron chi connectivity index (χ3n) is 4.52. The average Bonchev–Trinajstić information content (AvgIpc) is 2.64. The Morgan fingerprint density at radius 3 is 2.15 bits per heavy atom. The lowest BCUT2D eigenvalue weighted by Gasteiger charge is -2.14. The van der Waals surface area contributed by atoms with Crippen molar-refractivity contribution in [3.8, 4) is 33.8 Å². The number of carbonyl (C=O) groups is 1. The minimum Gasteiger partial charge on any atom is -0.508 e. The first kappa shape index (κ1) is 17.5. The number of amides is 1. The number of phenols is 2. The molecule has 4 nitrogen and oxygen atoms in total. The Bertz CT molecular complexity index is 926. The van der Waals surface area contributed by atoms with Gasteiger partial charge in [0.05, 0.1) is 0 Å². The van der Waals surface area contributed by atoms with Crippen LogP contribution in [0.2, 0.25) is 0 Å². The number of phenolic OH excluding ortho intramolecular Hbond substituents is 2. The Morgan fingerprint density at radius 1 is 0.885 bits per heavy atom. The van der Waals surface area contributed by atoms with E-state index in [2.05, 4.69) is 0 Å². The summed E-state index contributed by atoms with van der Waals surface area (Å²) in [7, 11) is 0. The molecule has 0 aromatic heterocycles. The van der Waals surface area contributed by atoms with E-state index in [1.54, 1.807) is 19.1 Å². The van der Waals surface area contributed by atoms with E-state index in [1.807, 2.05) is 48.5 Å². The van der Waals surface area contributed by atoms with Crippen molar-refractivity contribution < 1.29 is 15.0 Å². The van der Waals surface area contributed by atoms with Crippen molar-refractivity contribution in [3.05, 3.63) is 71.8 Å². The van der Waals surface area contributed by atoms with Crippen LogP contribution in [0.3, 0.4) is 0 Å². The Balaban J connectivity index is 2.10. The molecule has 4 N–H and O–H groups in total. The predicted octanol–water partition coefficient (Wildman–Crippen LogP) is 4.16. The topological polar surface area (TPSA) is 83.5 Å². The van der Waals surface area contributed by atoms with Gasteiger partial charge in [-0.25, -0.2) is 0 Å². The molecule has 0 aliphatic rings. The van der Waals surface area contributed by atoms with Crippen LogP contribution in [0.25, 0.3) is 22.3 Å². The fraction of sp³-hybridized carbons (Fsp3) is 0.136. The van der Waals surface area contributed by atoms with Gasteiger partial charge in [0.1, 0.15) is 11.5 Å². The SMILES string of the molecule is Cc1c(O)cc(-c2ccc(-c3ccccc3)cc2CCC(N)=O)cc1O. The second-order valence-electron chi connectivity index (χ2n) is 6.34. The summed E-state index contributed by atoms with van der Waals surface area (Å²) in [6, 6.07) is 19.2. The van der Waals surface area contributed by atoms with Crippen LogP contribution in [0, 0.1) is 6.92 Å². The van der Waals surface area contributed by atoms with Gasteiger partial charge >= 0.3 is 0 Å². The molecule has 0 saturated heterocycles. The molecular formula is C22H21NO3. The maximum atomic E-state index is 11.3. The van der Waals surface area contributed by atoms with Crippen molar-refractivity contribution in [1.82, 2.24) is 0 Å². The average molecular weight is 347 g/mol. The van der Waals surface area contributed by atoms with Crippen molar-refractivity contribution in [2.75, 3.05) is 0 Å². The van der Waals surface area contributed by atoms with E-state index >= 15 is 0 Å². The molecule has 26 heavy (non-hydrogen) atoms. The largest absolute Gasteiger partial charge is 0.508 e. The zero-order valence-electron chi connectivity index (χ0n) is 14.6. The molecule has 0 unspecified atom stereocenters. The second-order valence-corrected chi connectivity index (χ2v) is 6.34. The van der Waals surface area contributed by atoms with Gasteiger partial charge in [-0.2, -0.15) is 0 Å². The van der Waals surface area contributed by atoms with Gasteiger partial charge in [0.25, 0.3) is 0 Å². The monoisotopic (exact) mass is 347 g/mol. The number of primary amides is 1. The molecule has 3 aromatic carbocycles. The van der Waals surface area contributed by atoms with E-state index < -0.39 is 0 Å². The lowest BCUT2D eigenvalue weighted by atomic mass is 9.92. The van der Waals surface area contributed by atoms with E-state index in [1.165, 1.54) is 0 Å². The number of aryl methyl sites for hydroxylation is 1. The molecule has 1 amide bonds. The normalized spacial score (nSPS) is 10.7. The van der Waals surface area contributed by atoms with Crippen molar-refractivity contribution >= 4 is 5.91 Å². The molecule has 0 fully saturated rings. The number of hydrogen-bond acceptors (Lipinski definition) is 3. The van der Waals surface area contributed by atoms with E-state index in [0.29, 0.717) is 17.5 Å². The highest BCUT2D eigenvalue weighted by Gasteiger charge is 2.12. The van der Waals surface area contributed by atoms with Crippen molar-refractivity contribution in [3.63, 3.8) is 0 Å². The first-order valence-electron chi connectivity index (χ1n) is 8.45. The van der Waals surface area contributed by atoms with E-state index in [-0.39, 0.29) is 23.8 Å². The third-order valence-corrected chi connectivity index (χ3v) is 4.52. The van der Waals surface area contributed by atoms with Gasteiger partial charge < -0.3 is 15.9 Å². The molecule has 4 heteroatoms. The van der Waals surface area contributed by atoms with Gasteiger partial charge in [0, 0.05) is 12.0 Å². The van der Waals surface area contributed by atoms with Crippen LogP contribution in [-0.2, 0) is 11.2 Å². The van der Waals surface area contributed by atoms with Crippen molar-refractivity contribution in [1.29, 1.82) is 0 Å². The summed E-state index contributed by atoms with van der Waals surface area (Å²) in [4.78, 5) is 11.3. The first-order chi connectivity index (χ1) is 12.5. The molecule has 0 atom stereocenters. The van der Waals surface area contributed by atoms with Crippen LogP contribution in [0.1, 0.15) is 17.5 Å². The van der Waals surface area contributed by atoms with E-state index in [0.717, 1.165) is 22.3 Å². The molecule has 0 bridgehead atoms. The quantitative estimate of drug-likeness (QED) is 0.648. The lowest BCUT2D eigenvalue weighted by molar-refractivity contribution is -0.117. The molecule has 0 radical (unpaired) electrons. The summed E-state index contributed by atoms with van der Waals surface area (Å²) in [5.41, 5.74) is 10.4. The van der Waals surface area contributed by atoms with Crippen LogP contribution in [0.5, 0.6) is 11.5 Å². The maximum Gasteiger partial charge on any atom is 0.217 e. The van der Waals surface area contributed by atoms with E-state index in [9.17, 15) is 15.0 Å². The Morgan fingerprint density at radius 2 is 1.54 bits per heavy atom. The number of rotatable bonds is 5. The van der Waals surface area contributed by atoms with Gasteiger partial charge in [-0.3, -0.25) is 4.79 Å². The standard InChI is InChI=1S/C22H21NO3/c1-14-20(24)12-18(13-21(14)25)19-9-7-16(15-5-3-2-4-6-15)11-17(19)8-10-22(23)26/h2-7,9,11-13,24-25H,8,10H2,1H3,(H2,23,26). The highest BCUT2D eigenvalue weighted by molar-refractivity contribution is 5.78. The maximum absolute atomic E-state index is 11.3. The summed E-state index contributed by atoms with van der Waals surface area (Å²) in [6.45, 7) is 1.65. The third kappa shape index (κ3) is 3.70. The van der Waals surface area contributed by atoms with Crippen LogP contribution in [-0.4, -0.2) is 16.1 Å². The van der Waals surface area contributed by atoms with Crippen molar-refractivity contribution in [2.45, 2.75) is 19.8 Å². The summed E-state index contributed by atoms with van der Waals surface area (Å²) in [6.07, 6.45) is 0.718. The van der Waals surface area contributed by atoms with Crippen LogP contribution < -0.4 is 5.73 Å². The highest BCUT2D eigenvalue weighted by atomic mass is 16.3. The summed E-state index contributed by atoms with van der Waals surface area (Å²) in [5, 5.41) is 20.1. The molecule has 0 heterocycles. The molecule has 3 rings (SSSR count). The number of benzene rings is 3.